The van der Waals surface area contributed by atoms with Gasteiger partial charge in [-0.3, -0.25) is 9.59 Å². The molecule has 0 saturated heterocycles. The number of amides is 1. The van der Waals surface area contributed by atoms with Gasteiger partial charge in [-0.25, -0.2) is 0 Å². The molecule has 0 aliphatic carbocycles. The normalized spacial score (nSPS) is 15.1. The number of carbonyl (C=O) groups is 1. The zero-order valence-corrected chi connectivity index (χ0v) is 22.0. The number of nitrogens with zero attached hydrogens (tertiary/aromatic N) is 1. The highest BCUT2D eigenvalue weighted by atomic mass is 16.5. The molecule has 1 atom stereocenters. The van der Waals surface area contributed by atoms with Gasteiger partial charge in [-0.15, -0.1) is 0 Å². The smallest absolute Gasteiger partial charge is 0.290 e. The second kappa shape index (κ2) is 10.7. The topological polar surface area (TPSA) is 78.2 Å². The van der Waals surface area contributed by atoms with Gasteiger partial charge in [0.05, 0.1) is 36.8 Å². The summed E-state index contributed by atoms with van der Waals surface area (Å²) in [6, 6.07) is 8.77. The number of carbonyl (C=O) groups excluding carboxylic acids is 1. The molecule has 0 bridgehead atoms. The van der Waals surface area contributed by atoms with Gasteiger partial charge in [0.2, 0.25) is 5.76 Å². The van der Waals surface area contributed by atoms with Crippen LogP contribution in [0.4, 0.5) is 0 Å². The van der Waals surface area contributed by atoms with Gasteiger partial charge in [0, 0.05) is 13.7 Å². The Morgan fingerprint density at radius 2 is 1.81 bits per heavy atom. The van der Waals surface area contributed by atoms with E-state index in [1.165, 1.54) is 0 Å². The number of methoxy groups -OCH3 is 1. The van der Waals surface area contributed by atoms with E-state index in [1.54, 1.807) is 12.0 Å². The second-order valence-corrected chi connectivity index (χ2v) is 9.70. The van der Waals surface area contributed by atoms with Crippen molar-refractivity contribution in [3.8, 4) is 11.5 Å². The minimum atomic E-state index is -0.618. The fourth-order valence-corrected chi connectivity index (χ4v) is 4.73. The van der Waals surface area contributed by atoms with Gasteiger partial charge in [0.25, 0.3) is 5.91 Å². The number of fused-ring (bicyclic) bond motifs is 2. The van der Waals surface area contributed by atoms with Crippen molar-refractivity contribution >= 4 is 16.9 Å². The summed E-state index contributed by atoms with van der Waals surface area (Å²) in [6.07, 6.45) is 0.926. The summed E-state index contributed by atoms with van der Waals surface area (Å²) in [5.41, 5.74) is 3.16. The molecule has 7 heteroatoms. The molecule has 1 aliphatic heterocycles. The maximum Gasteiger partial charge on any atom is 0.290 e. The molecular formula is C29H35NO6. The molecule has 0 spiro atoms. The number of ether oxygens (including phenoxy) is 3. The van der Waals surface area contributed by atoms with Crippen molar-refractivity contribution in [2.75, 3.05) is 33.5 Å². The molecule has 4 rings (SSSR count). The van der Waals surface area contributed by atoms with Crippen molar-refractivity contribution in [2.24, 2.45) is 5.92 Å². The number of aryl methyl sites for hydroxylation is 2. The van der Waals surface area contributed by atoms with Gasteiger partial charge in [-0.05, 0) is 68.0 Å². The van der Waals surface area contributed by atoms with E-state index in [1.807, 2.05) is 51.1 Å². The lowest BCUT2D eigenvalue weighted by molar-refractivity contribution is 0.0663. The minimum Gasteiger partial charge on any atom is -0.490 e. The van der Waals surface area contributed by atoms with Crippen LogP contribution in [0.5, 0.6) is 11.5 Å². The van der Waals surface area contributed by atoms with Gasteiger partial charge in [0.15, 0.2) is 16.9 Å². The van der Waals surface area contributed by atoms with Crippen LogP contribution in [0.15, 0.2) is 39.5 Å². The third-order valence-corrected chi connectivity index (χ3v) is 6.47. The first-order valence-corrected chi connectivity index (χ1v) is 12.5. The highest BCUT2D eigenvalue weighted by molar-refractivity contribution is 5.99. The Morgan fingerprint density at radius 1 is 1.03 bits per heavy atom. The van der Waals surface area contributed by atoms with Crippen molar-refractivity contribution in [3.63, 3.8) is 0 Å². The number of rotatable bonds is 10. The molecule has 2 heterocycles. The van der Waals surface area contributed by atoms with Crippen molar-refractivity contribution < 1.29 is 23.4 Å². The molecule has 0 saturated carbocycles. The van der Waals surface area contributed by atoms with Gasteiger partial charge in [-0.1, -0.05) is 26.0 Å². The Kier molecular flexibility index (Phi) is 7.69. The molecule has 7 nitrogen and oxygen atoms in total. The molecule has 0 radical (unpaired) electrons. The summed E-state index contributed by atoms with van der Waals surface area (Å²) in [5.74, 6) is 1.53. The first-order valence-electron chi connectivity index (χ1n) is 12.5. The standard InChI is InChI=1S/C29H35NO6/c1-7-34-23-16-20(8-9-22(23)35-12-10-17(2)3)25-24-26(31)21-15-18(4)14-19(5)27(21)36-28(24)29(32)30(25)11-13-33-6/h8-9,14-17,25H,7,10-13H2,1-6H3. The molecule has 0 N–H and O–H groups in total. The Hall–Kier alpha value is -3.32. The second-order valence-electron chi connectivity index (χ2n) is 9.70. The van der Waals surface area contributed by atoms with E-state index in [2.05, 4.69) is 13.8 Å². The summed E-state index contributed by atoms with van der Waals surface area (Å²) >= 11 is 0. The maximum atomic E-state index is 13.8. The molecule has 192 valence electrons. The fraction of sp³-hybridized carbons (Fsp3) is 0.448. The van der Waals surface area contributed by atoms with Crippen LogP contribution in [0.1, 0.15) is 66.0 Å². The van der Waals surface area contributed by atoms with Crippen LogP contribution in [0.3, 0.4) is 0 Å². The van der Waals surface area contributed by atoms with Crippen LogP contribution in [-0.4, -0.2) is 44.3 Å². The lowest BCUT2D eigenvalue weighted by atomic mass is 9.97. The van der Waals surface area contributed by atoms with Crippen LogP contribution in [0.2, 0.25) is 0 Å². The SMILES string of the molecule is CCOc1cc(C2c3c(oc4c(C)cc(C)cc4c3=O)C(=O)N2CCOC)ccc1OCCC(C)C. The quantitative estimate of drug-likeness (QED) is 0.375. The minimum absolute atomic E-state index is 0.0933. The molecule has 1 aliphatic rings. The van der Waals surface area contributed by atoms with Crippen molar-refractivity contribution in [1.82, 2.24) is 4.90 Å². The zero-order chi connectivity index (χ0) is 26.0. The van der Waals surface area contributed by atoms with Gasteiger partial charge >= 0.3 is 0 Å². The summed E-state index contributed by atoms with van der Waals surface area (Å²) in [6.45, 7) is 11.7. The lowest BCUT2D eigenvalue weighted by Gasteiger charge is -2.25. The van der Waals surface area contributed by atoms with E-state index in [0.717, 1.165) is 23.1 Å². The summed E-state index contributed by atoms with van der Waals surface area (Å²) in [7, 11) is 1.59. The predicted octanol–water partition coefficient (Wildman–Crippen LogP) is 5.43. The molecule has 0 fully saturated rings. The molecule has 1 amide bonds. The van der Waals surface area contributed by atoms with E-state index < -0.39 is 6.04 Å². The highest BCUT2D eigenvalue weighted by Crippen LogP contribution is 2.41. The Morgan fingerprint density at radius 3 is 2.50 bits per heavy atom. The zero-order valence-electron chi connectivity index (χ0n) is 22.0. The van der Waals surface area contributed by atoms with Crippen molar-refractivity contribution in [3.05, 3.63) is 68.6 Å². The van der Waals surface area contributed by atoms with Gasteiger partial charge < -0.3 is 23.5 Å². The average molecular weight is 494 g/mol. The molecule has 1 aromatic heterocycles. The first-order chi connectivity index (χ1) is 17.3. The van der Waals surface area contributed by atoms with E-state index in [9.17, 15) is 9.59 Å². The van der Waals surface area contributed by atoms with Gasteiger partial charge in [0.1, 0.15) is 5.58 Å². The summed E-state index contributed by atoms with van der Waals surface area (Å²) in [5, 5.41) is 0.483. The Bertz CT molecular complexity index is 1330. The number of hydrogen-bond acceptors (Lipinski definition) is 6. The Balaban J connectivity index is 1.86. The predicted molar refractivity (Wildman–Crippen MR) is 139 cm³/mol. The third kappa shape index (κ3) is 4.85. The molecule has 3 aromatic rings. The third-order valence-electron chi connectivity index (χ3n) is 6.47. The van der Waals surface area contributed by atoms with E-state index in [-0.39, 0.29) is 17.1 Å². The highest BCUT2D eigenvalue weighted by Gasteiger charge is 2.43. The van der Waals surface area contributed by atoms with E-state index in [4.69, 9.17) is 18.6 Å². The lowest BCUT2D eigenvalue weighted by Crippen LogP contribution is -2.32. The molecule has 2 aromatic carbocycles. The van der Waals surface area contributed by atoms with Crippen LogP contribution in [0.25, 0.3) is 11.0 Å². The van der Waals surface area contributed by atoms with Crippen LogP contribution in [-0.2, 0) is 4.74 Å². The fourth-order valence-electron chi connectivity index (χ4n) is 4.73. The average Bonchev–Trinajstić information content (AvgIpc) is 3.11. The van der Waals surface area contributed by atoms with Crippen LogP contribution in [0, 0.1) is 19.8 Å². The summed E-state index contributed by atoms with van der Waals surface area (Å²) in [4.78, 5) is 29.0. The van der Waals surface area contributed by atoms with E-state index in [0.29, 0.717) is 60.3 Å². The van der Waals surface area contributed by atoms with Crippen molar-refractivity contribution in [1.29, 1.82) is 0 Å². The molecular weight excluding hydrogens is 458 g/mol. The summed E-state index contributed by atoms with van der Waals surface area (Å²) < 4.78 is 23.3. The molecule has 1 unspecified atom stereocenters. The maximum absolute atomic E-state index is 13.8. The van der Waals surface area contributed by atoms with Crippen LogP contribution < -0.4 is 14.9 Å². The van der Waals surface area contributed by atoms with Gasteiger partial charge in [-0.2, -0.15) is 0 Å². The van der Waals surface area contributed by atoms with Crippen LogP contribution >= 0.6 is 0 Å². The number of hydrogen-bond donors (Lipinski definition) is 0. The number of benzene rings is 2. The van der Waals surface area contributed by atoms with Crippen molar-refractivity contribution in [2.45, 2.75) is 47.1 Å². The Labute approximate surface area is 212 Å². The largest absolute Gasteiger partial charge is 0.490 e. The first kappa shape index (κ1) is 25.8. The molecule has 36 heavy (non-hydrogen) atoms. The van der Waals surface area contributed by atoms with E-state index >= 15 is 0 Å². The monoisotopic (exact) mass is 493 g/mol.